The maximum Gasteiger partial charge on any atom is 1.00 e. The molecule has 152 valence electrons. The van der Waals surface area contributed by atoms with E-state index in [4.69, 9.17) is 4.74 Å². The largest absolute Gasteiger partial charge is 1.00 e. The molecule has 2 rings (SSSR count). The van der Waals surface area contributed by atoms with Crippen molar-refractivity contribution in [2.45, 2.75) is 72.6 Å². The number of carbonyl (C=O) groups excluding carboxylic acids is 1. The molecule has 2 aromatic carbocycles. The Kier molecular flexibility index (Phi) is 10.7. The molecule has 2 nitrogen and oxygen atoms in total. The molecule has 0 saturated heterocycles. The fraction of sp³-hybridized carbons (Fsp3) is 0.480. The van der Waals surface area contributed by atoms with Crippen LogP contribution in [-0.4, -0.2) is 12.1 Å². The maximum atomic E-state index is 12.8. The molecule has 1 atom stereocenters. The summed E-state index contributed by atoms with van der Waals surface area (Å²) in [5.74, 6) is 0.919. The molecule has 0 aliphatic carbocycles. The SMILES string of the molecule is CCCCCCOc1cc(C)c(PC(=O)c2ccc(C(C)(C)C)cc2)c(C)c1.[Li+]. The second-order valence-corrected chi connectivity index (χ2v) is 9.83. The summed E-state index contributed by atoms with van der Waals surface area (Å²) in [5, 5.41) is 1.14. The monoisotopic (exact) mass is 405 g/mol. The van der Waals surface area contributed by atoms with Crippen LogP contribution in [-0.2, 0) is 5.41 Å². The van der Waals surface area contributed by atoms with Crippen LogP contribution in [0.5, 0.6) is 5.75 Å². The Morgan fingerprint density at radius 2 is 1.55 bits per heavy atom. The molecule has 4 heteroatoms. The Morgan fingerprint density at radius 1 is 0.966 bits per heavy atom. The number of hydrogen-bond acceptors (Lipinski definition) is 2. The maximum absolute atomic E-state index is 12.8. The van der Waals surface area contributed by atoms with Gasteiger partial charge in [-0.2, -0.15) is 0 Å². The Morgan fingerprint density at radius 3 is 2.07 bits per heavy atom. The van der Waals surface area contributed by atoms with Crippen LogP contribution in [0.3, 0.4) is 0 Å². The van der Waals surface area contributed by atoms with Gasteiger partial charge in [-0.15, -0.1) is 0 Å². The van der Waals surface area contributed by atoms with Crippen LogP contribution >= 0.6 is 8.58 Å². The normalized spacial score (nSPS) is 11.5. The minimum Gasteiger partial charge on any atom is -0.494 e. The van der Waals surface area contributed by atoms with Gasteiger partial charge in [-0.3, -0.25) is 4.79 Å². The summed E-state index contributed by atoms with van der Waals surface area (Å²) in [7, 11) is 0.141. The zero-order valence-electron chi connectivity index (χ0n) is 19.3. The van der Waals surface area contributed by atoms with E-state index in [9.17, 15) is 4.79 Å². The summed E-state index contributed by atoms with van der Waals surface area (Å²) < 4.78 is 5.92. The fourth-order valence-corrected chi connectivity index (χ4v) is 4.31. The van der Waals surface area contributed by atoms with Crippen LogP contribution < -0.4 is 28.9 Å². The van der Waals surface area contributed by atoms with Gasteiger partial charge in [-0.05, 0) is 68.4 Å². The molecule has 2 aromatic rings. The first-order chi connectivity index (χ1) is 13.2. The van der Waals surface area contributed by atoms with Crippen molar-refractivity contribution in [3.05, 3.63) is 58.7 Å². The molecular weight excluding hydrogens is 370 g/mol. The molecule has 0 bridgehead atoms. The predicted octanol–water partition coefficient (Wildman–Crippen LogP) is 3.71. The van der Waals surface area contributed by atoms with E-state index >= 15 is 0 Å². The van der Waals surface area contributed by atoms with Gasteiger partial charge in [0.15, 0.2) is 5.52 Å². The van der Waals surface area contributed by atoms with Crippen LogP contribution in [0.2, 0.25) is 0 Å². The standard InChI is InChI=1S/C25H35O2P.Li/c1-7-8-9-10-15-27-22-16-18(2)23(19(3)17-22)28-24(26)20-11-13-21(14-12-20)25(4,5)6;/h11-14,16-17,28H,7-10,15H2,1-6H3;/q;+1. The van der Waals surface area contributed by atoms with Gasteiger partial charge in [0.05, 0.1) is 6.61 Å². The molecule has 0 radical (unpaired) electrons. The molecule has 1 unspecified atom stereocenters. The van der Waals surface area contributed by atoms with E-state index in [0.717, 1.165) is 40.8 Å². The summed E-state index contributed by atoms with van der Waals surface area (Å²) in [6, 6.07) is 12.2. The van der Waals surface area contributed by atoms with Crippen molar-refractivity contribution in [2.24, 2.45) is 0 Å². The summed E-state index contributed by atoms with van der Waals surface area (Å²) in [4.78, 5) is 12.8. The molecule has 0 aliphatic rings. The average Bonchev–Trinajstić information content (AvgIpc) is 2.64. The molecule has 0 amide bonds. The van der Waals surface area contributed by atoms with E-state index in [1.165, 1.54) is 24.8 Å². The Hall–Kier alpha value is -1.06. The molecule has 0 N–H and O–H groups in total. The fourth-order valence-electron chi connectivity index (χ4n) is 3.23. The molecule has 29 heavy (non-hydrogen) atoms. The third-order valence-electron chi connectivity index (χ3n) is 5.02. The van der Waals surface area contributed by atoms with E-state index < -0.39 is 0 Å². The second-order valence-electron chi connectivity index (χ2n) is 8.62. The zero-order valence-corrected chi connectivity index (χ0v) is 20.3. The van der Waals surface area contributed by atoms with E-state index in [-0.39, 0.29) is 38.4 Å². The first kappa shape index (κ1) is 26.0. The molecule has 0 spiro atoms. The molecule has 0 heterocycles. The van der Waals surface area contributed by atoms with Crippen molar-refractivity contribution >= 4 is 19.4 Å². The predicted molar refractivity (Wildman–Crippen MR) is 123 cm³/mol. The second kappa shape index (κ2) is 12.0. The first-order valence-corrected chi connectivity index (χ1v) is 11.4. The van der Waals surface area contributed by atoms with Crippen LogP contribution in [0, 0.1) is 13.8 Å². The minimum absolute atomic E-state index is 0. The smallest absolute Gasteiger partial charge is 0.494 e. The molecule has 0 aromatic heterocycles. The van der Waals surface area contributed by atoms with Crippen molar-refractivity contribution in [2.75, 3.05) is 6.61 Å². The van der Waals surface area contributed by atoms with Gasteiger partial charge in [0, 0.05) is 5.56 Å². The molecule has 0 saturated carbocycles. The van der Waals surface area contributed by atoms with Crippen LogP contribution in [0.25, 0.3) is 0 Å². The van der Waals surface area contributed by atoms with Gasteiger partial charge in [-0.1, -0.05) is 71.2 Å². The van der Waals surface area contributed by atoms with Crippen molar-refractivity contribution in [3.8, 4) is 5.75 Å². The molecular formula is C25H35LiO2P+. The van der Waals surface area contributed by atoms with Gasteiger partial charge < -0.3 is 4.74 Å². The summed E-state index contributed by atoms with van der Waals surface area (Å²) in [6.45, 7) is 13.7. The summed E-state index contributed by atoms with van der Waals surface area (Å²) in [5.41, 5.74) is 4.62. The van der Waals surface area contributed by atoms with Gasteiger partial charge in [0.25, 0.3) is 0 Å². The van der Waals surface area contributed by atoms with Crippen molar-refractivity contribution in [1.82, 2.24) is 0 Å². The van der Waals surface area contributed by atoms with Crippen LogP contribution in [0.15, 0.2) is 36.4 Å². The quantitative estimate of drug-likeness (QED) is 0.361. The number of rotatable bonds is 9. The third-order valence-corrected chi connectivity index (χ3v) is 6.58. The summed E-state index contributed by atoms with van der Waals surface area (Å²) in [6.07, 6.45) is 4.82. The zero-order chi connectivity index (χ0) is 20.7. The van der Waals surface area contributed by atoms with E-state index in [0.29, 0.717) is 0 Å². The van der Waals surface area contributed by atoms with E-state index in [1.807, 2.05) is 12.1 Å². The van der Waals surface area contributed by atoms with E-state index in [1.54, 1.807) is 0 Å². The summed E-state index contributed by atoms with van der Waals surface area (Å²) >= 11 is 0. The van der Waals surface area contributed by atoms with Gasteiger partial charge in [0.1, 0.15) is 5.75 Å². The molecule has 0 aliphatic heterocycles. The van der Waals surface area contributed by atoms with Crippen LogP contribution in [0.1, 0.15) is 80.4 Å². The van der Waals surface area contributed by atoms with Gasteiger partial charge in [0.2, 0.25) is 0 Å². The van der Waals surface area contributed by atoms with E-state index in [2.05, 4.69) is 65.8 Å². The molecule has 0 fully saturated rings. The van der Waals surface area contributed by atoms with Crippen molar-refractivity contribution in [1.29, 1.82) is 0 Å². The third kappa shape index (κ3) is 7.94. The Labute approximate surface area is 191 Å². The Balaban J connectivity index is 0.00000420. The number of hydrogen-bond donors (Lipinski definition) is 0. The van der Waals surface area contributed by atoms with Gasteiger partial charge in [-0.25, -0.2) is 0 Å². The number of aryl methyl sites for hydroxylation is 2. The average molecular weight is 405 g/mol. The number of unbranched alkanes of at least 4 members (excludes halogenated alkanes) is 3. The topological polar surface area (TPSA) is 26.3 Å². The Bertz CT molecular complexity index is 768. The minimum atomic E-state index is 0. The van der Waals surface area contributed by atoms with Crippen molar-refractivity contribution < 1.29 is 28.4 Å². The van der Waals surface area contributed by atoms with Crippen LogP contribution in [0.4, 0.5) is 0 Å². The number of ether oxygens (including phenoxy) is 1. The van der Waals surface area contributed by atoms with Crippen molar-refractivity contribution in [3.63, 3.8) is 0 Å². The number of benzene rings is 2. The van der Waals surface area contributed by atoms with Gasteiger partial charge >= 0.3 is 18.9 Å². The number of carbonyl (C=O) groups is 1. The first-order valence-electron chi connectivity index (χ1n) is 10.4.